The lowest BCUT2D eigenvalue weighted by Crippen LogP contribution is -2.50. The number of nitrogens with zero attached hydrogens (tertiary/aromatic N) is 1. The van der Waals surface area contributed by atoms with Gasteiger partial charge in [0.05, 0.1) is 6.61 Å². The van der Waals surface area contributed by atoms with Crippen molar-refractivity contribution in [3.63, 3.8) is 0 Å². The average Bonchev–Trinajstić information content (AvgIpc) is 2.39. The van der Waals surface area contributed by atoms with Crippen LogP contribution in [0.15, 0.2) is 24.3 Å². The number of aliphatic hydroxyl groups excluding tert-OH is 1. The normalized spacial score (nSPS) is 19.2. The molecule has 0 spiro atoms. The second-order valence-electron chi connectivity index (χ2n) is 4.75. The van der Waals surface area contributed by atoms with Crippen LogP contribution in [-0.2, 0) is 6.42 Å². The van der Waals surface area contributed by atoms with Crippen LogP contribution < -0.4 is 5.32 Å². The Hall–Kier alpha value is -0.900. The highest BCUT2D eigenvalue weighted by atomic mass is 16.3. The smallest absolute Gasteiger partial charge is 0.0590 e. The molecule has 0 saturated carbocycles. The Bertz CT molecular complexity index is 348. The number of benzene rings is 1. The molecule has 1 aromatic carbocycles. The van der Waals surface area contributed by atoms with Crippen molar-refractivity contribution < 1.29 is 5.11 Å². The molecule has 1 aliphatic rings. The zero-order valence-corrected chi connectivity index (χ0v) is 10.5. The molecular formula is C14H22N2O. The minimum Gasteiger partial charge on any atom is -0.395 e. The summed E-state index contributed by atoms with van der Waals surface area (Å²) in [5.74, 6) is 0. The molecule has 0 amide bonds. The highest BCUT2D eigenvalue weighted by Gasteiger charge is 2.20. The summed E-state index contributed by atoms with van der Waals surface area (Å²) < 4.78 is 0. The molecule has 0 bridgehead atoms. The van der Waals surface area contributed by atoms with Gasteiger partial charge >= 0.3 is 0 Å². The fourth-order valence-corrected chi connectivity index (χ4v) is 2.45. The van der Waals surface area contributed by atoms with E-state index >= 15 is 0 Å². The molecule has 3 nitrogen and oxygen atoms in total. The van der Waals surface area contributed by atoms with Crippen LogP contribution in [0.5, 0.6) is 0 Å². The van der Waals surface area contributed by atoms with Gasteiger partial charge in [-0.3, -0.25) is 4.90 Å². The van der Waals surface area contributed by atoms with Gasteiger partial charge in [-0.1, -0.05) is 24.3 Å². The van der Waals surface area contributed by atoms with Crippen molar-refractivity contribution >= 4 is 0 Å². The summed E-state index contributed by atoms with van der Waals surface area (Å²) in [6.45, 7) is 6.53. The van der Waals surface area contributed by atoms with Gasteiger partial charge < -0.3 is 10.4 Å². The van der Waals surface area contributed by atoms with Crippen LogP contribution in [-0.4, -0.2) is 48.8 Å². The summed E-state index contributed by atoms with van der Waals surface area (Å²) in [4.78, 5) is 2.39. The molecule has 1 aromatic rings. The van der Waals surface area contributed by atoms with E-state index in [1.54, 1.807) is 0 Å². The van der Waals surface area contributed by atoms with E-state index in [1.165, 1.54) is 11.1 Å². The molecule has 0 radical (unpaired) electrons. The minimum atomic E-state index is 0.244. The van der Waals surface area contributed by atoms with Gasteiger partial charge in [0.25, 0.3) is 0 Å². The fraction of sp³-hybridized carbons (Fsp3) is 0.571. The van der Waals surface area contributed by atoms with E-state index in [-0.39, 0.29) is 12.6 Å². The molecule has 1 aliphatic heterocycles. The third-order valence-corrected chi connectivity index (χ3v) is 3.60. The first-order valence-electron chi connectivity index (χ1n) is 6.41. The van der Waals surface area contributed by atoms with Gasteiger partial charge in [-0.05, 0) is 24.5 Å². The van der Waals surface area contributed by atoms with Crippen LogP contribution in [0.2, 0.25) is 0 Å². The molecule has 94 valence electrons. The van der Waals surface area contributed by atoms with Gasteiger partial charge in [-0.15, -0.1) is 0 Å². The summed E-state index contributed by atoms with van der Waals surface area (Å²) in [6, 6.07) is 8.71. The molecule has 3 heteroatoms. The van der Waals surface area contributed by atoms with E-state index in [0.717, 1.165) is 32.6 Å². The summed E-state index contributed by atoms with van der Waals surface area (Å²) in [6.07, 6.45) is 0.948. The van der Waals surface area contributed by atoms with Gasteiger partial charge in [0.2, 0.25) is 0 Å². The van der Waals surface area contributed by atoms with Gasteiger partial charge in [0, 0.05) is 32.2 Å². The van der Waals surface area contributed by atoms with Crippen molar-refractivity contribution in [3.8, 4) is 0 Å². The second kappa shape index (κ2) is 6.15. The van der Waals surface area contributed by atoms with E-state index in [2.05, 4.69) is 41.4 Å². The number of hydrogen-bond donors (Lipinski definition) is 2. The predicted molar refractivity (Wildman–Crippen MR) is 70.2 cm³/mol. The minimum absolute atomic E-state index is 0.244. The first kappa shape index (κ1) is 12.6. The summed E-state index contributed by atoms with van der Waals surface area (Å²) >= 11 is 0. The Balaban J connectivity index is 2.01. The van der Waals surface area contributed by atoms with E-state index in [1.807, 2.05) is 0 Å². The van der Waals surface area contributed by atoms with E-state index in [9.17, 15) is 5.11 Å². The first-order valence-corrected chi connectivity index (χ1v) is 6.41. The maximum atomic E-state index is 9.57. The highest BCUT2D eigenvalue weighted by Crippen LogP contribution is 2.13. The number of nitrogens with one attached hydrogen (secondary N) is 1. The predicted octanol–water partition coefficient (Wildman–Crippen LogP) is 0.804. The Morgan fingerprint density at radius 1 is 1.29 bits per heavy atom. The maximum absolute atomic E-state index is 9.57. The van der Waals surface area contributed by atoms with Crippen LogP contribution in [0.1, 0.15) is 11.1 Å². The number of piperazine rings is 1. The Labute approximate surface area is 103 Å². The molecule has 0 aromatic heterocycles. The second-order valence-corrected chi connectivity index (χ2v) is 4.75. The molecule has 1 fully saturated rings. The molecule has 17 heavy (non-hydrogen) atoms. The fourth-order valence-electron chi connectivity index (χ4n) is 2.45. The van der Waals surface area contributed by atoms with Gasteiger partial charge in [-0.2, -0.15) is 0 Å². The molecule has 1 unspecified atom stereocenters. The molecular weight excluding hydrogens is 212 g/mol. The zero-order valence-electron chi connectivity index (χ0n) is 10.5. The average molecular weight is 234 g/mol. The highest BCUT2D eigenvalue weighted by molar-refractivity contribution is 5.26. The summed E-state index contributed by atoms with van der Waals surface area (Å²) in [7, 11) is 0. The molecule has 2 N–H and O–H groups in total. The van der Waals surface area contributed by atoms with Crippen LogP contribution in [0.4, 0.5) is 0 Å². The molecule has 1 atom stereocenters. The Morgan fingerprint density at radius 2 is 2.00 bits per heavy atom. The standard InChI is InChI=1S/C14H22N2O/c1-12-4-2-3-5-13(12)10-14(11-17)16-8-6-15-7-9-16/h2-5,14-15,17H,6-11H2,1H3. The van der Waals surface area contributed by atoms with Crippen molar-refractivity contribution in [3.05, 3.63) is 35.4 Å². The zero-order chi connectivity index (χ0) is 12.1. The van der Waals surface area contributed by atoms with Crippen LogP contribution in [0.3, 0.4) is 0 Å². The Kier molecular flexibility index (Phi) is 4.54. The first-order chi connectivity index (χ1) is 8.31. The van der Waals surface area contributed by atoms with Gasteiger partial charge in [-0.25, -0.2) is 0 Å². The number of aryl methyl sites for hydroxylation is 1. The maximum Gasteiger partial charge on any atom is 0.0590 e. The van der Waals surface area contributed by atoms with Crippen molar-refractivity contribution in [2.75, 3.05) is 32.8 Å². The van der Waals surface area contributed by atoms with Crippen molar-refractivity contribution in [2.24, 2.45) is 0 Å². The van der Waals surface area contributed by atoms with E-state index in [0.29, 0.717) is 0 Å². The SMILES string of the molecule is Cc1ccccc1CC(CO)N1CCNCC1. The van der Waals surface area contributed by atoms with E-state index in [4.69, 9.17) is 0 Å². The summed E-state index contributed by atoms with van der Waals surface area (Å²) in [5, 5.41) is 12.9. The molecule has 1 heterocycles. The Morgan fingerprint density at radius 3 is 2.65 bits per heavy atom. The number of hydrogen-bond acceptors (Lipinski definition) is 3. The lowest BCUT2D eigenvalue weighted by molar-refractivity contribution is 0.110. The van der Waals surface area contributed by atoms with Crippen molar-refractivity contribution in [1.29, 1.82) is 0 Å². The molecule has 0 aliphatic carbocycles. The third kappa shape index (κ3) is 3.28. The largest absolute Gasteiger partial charge is 0.395 e. The van der Waals surface area contributed by atoms with Crippen molar-refractivity contribution in [2.45, 2.75) is 19.4 Å². The third-order valence-electron chi connectivity index (χ3n) is 3.60. The van der Waals surface area contributed by atoms with E-state index < -0.39 is 0 Å². The van der Waals surface area contributed by atoms with Crippen LogP contribution >= 0.6 is 0 Å². The van der Waals surface area contributed by atoms with Crippen molar-refractivity contribution in [1.82, 2.24) is 10.2 Å². The van der Waals surface area contributed by atoms with Crippen LogP contribution in [0.25, 0.3) is 0 Å². The molecule has 2 rings (SSSR count). The molecule has 1 saturated heterocycles. The monoisotopic (exact) mass is 234 g/mol. The van der Waals surface area contributed by atoms with Gasteiger partial charge in [0.1, 0.15) is 0 Å². The lowest BCUT2D eigenvalue weighted by Gasteiger charge is -2.34. The number of rotatable bonds is 4. The quantitative estimate of drug-likeness (QED) is 0.809. The lowest BCUT2D eigenvalue weighted by atomic mass is 10.0. The van der Waals surface area contributed by atoms with Crippen LogP contribution in [0, 0.1) is 6.92 Å². The summed E-state index contributed by atoms with van der Waals surface area (Å²) in [5.41, 5.74) is 2.67. The van der Waals surface area contributed by atoms with Gasteiger partial charge in [0.15, 0.2) is 0 Å². The topological polar surface area (TPSA) is 35.5 Å². The number of aliphatic hydroxyl groups is 1.